The second kappa shape index (κ2) is 6.68. The van der Waals surface area contributed by atoms with E-state index in [-0.39, 0.29) is 5.02 Å². The first kappa shape index (κ1) is 14.8. The largest absolute Gasteiger partial charge is 0.492 e. The van der Waals surface area contributed by atoms with Crippen LogP contribution in [0, 0.1) is 5.82 Å². The van der Waals surface area contributed by atoms with Gasteiger partial charge in [-0.15, -0.1) is 0 Å². The fraction of sp³-hybridized carbons (Fsp3) is 0.267. The van der Waals surface area contributed by atoms with E-state index in [0.29, 0.717) is 17.9 Å². The highest BCUT2D eigenvalue weighted by Gasteiger charge is 2.12. The minimum atomic E-state index is -0.481. The summed E-state index contributed by atoms with van der Waals surface area (Å²) in [7, 11) is 0. The van der Waals surface area contributed by atoms with Crippen molar-refractivity contribution in [2.24, 2.45) is 5.73 Å². The molecule has 0 saturated carbocycles. The van der Waals surface area contributed by atoms with E-state index < -0.39 is 11.9 Å². The van der Waals surface area contributed by atoms with Gasteiger partial charge in [-0.3, -0.25) is 4.98 Å². The van der Waals surface area contributed by atoms with Crippen molar-refractivity contribution in [1.29, 1.82) is 0 Å². The van der Waals surface area contributed by atoms with Crippen LogP contribution in [-0.2, 0) is 0 Å². The topological polar surface area (TPSA) is 48.1 Å². The zero-order valence-corrected chi connectivity index (χ0v) is 11.9. The molecule has 0 amide bonds. The van der Waals surface area contributed by atoms with Gasteiger partial charge in [0.2, 0.25) is 0 Å². The van der Waals surface area contributed by atoms with Crippen LogP contribution >= 0.6 is 11.6 Å². The van der Waals surface area contributed by atoms with Crippen LogP contribution in [0.5, 0.6) is 5.75 Å². The minimum Gasteiger partial charge on any atom is -0.492 e. The molecular formula is C15H16ClFN2O. The highest BCUT2D eigenvalue weighted by atomic mass is 35.5. The Morgan fingerprint density at radius 2 is 2.10 bits per heavy atom. The lowest BCUT2D eigenvalue weighted by Gasteiger charge is -2.14. The predicted octanol–water partition coefficient (Wildman–Crippen LogP) is 3.71. The summed E-state index contributed by atoms with van der Waals surface area (Å²) < 4.78 is 19.0. The number of hydrogen-bond donors (Lipinski definition) is 1. The van der Waals surface area contributed by atoms with Gasteiger partial charge in [-0.25, -0.2) is 4.39 Å². The van der Waals surface area contributed by atoms with E-state index in [9.17, 15) is 4.39 Å². The zero-order valence-electron chi connectivity index (χ0n) is 11.1. The van der Waals surface area contributed by atoms with E-state index >= 15 is 0 Å². The molecule has 1 atom stereocenters. The van der Waals surface area contributed by atoms with Gasteiger partial charge in [0, 0.05) is 6.20 Å². The molecule has 0 aliphatic rings. The second-order valence-electron chi connectivity index (χ2n) is 4.45. The molecule has 0 fully saturated rings. The van der Waals surface area contributed by atoms with Gasteiger partial charge in [-0.1, -0.05) is 24.6 Å². The summed E-state index contributed by atoms with van der Waals surface area (Å²) in [5.41, 5.74) is 7.53. The normalized spacial score (nSPS) is 12.2. The molecule has 0 bridgehead atoms. The Morgan fingerprint density at radius 3 is 2.80 bits per heavy atom. The molecule has 106 valence electrons. The summed E-state index contributed by atoms with van der Waals surface area (Å²) in [4.78, 5) is 4.10. The molecule has 1 aromatic heterocycles. The molecule has 2 rings (SSSR count). The Kier molecular flexibility index (Phi) is 4.93. The molecule has 1 unspecified atom stereocenters. The minimum absolute atomic E-state index is 0.0825. The number of nitrogens with two attached hydrogens (primary N) is 1. The summed E-state index contributed by atoms with van der Waals surface area (Å²) in [5, 5.41) is 0.0825. The molecular weight excluding hydrogens is 279 g/mol. The Morgan fingerprint density at radius 1 is 1.30 bits per heavy atom. The third kappa shape index (κ3) is 3.46. The zero-order chi connectivity index (χ0) is 14.5. The van der Waals surface area contributed by atoms with Crippen LogP contribution in [-0.4, -0.2) is 11.6 Å². The van der Waals surface area contributed by atoms with Crippen LogP contribution in [0.1, 0.15) is 30.5 Å². The van der Waals surface area contributed by atoms with Gasteiger partial charge in [0.15, 0.2) is 0 Å². The molecule has 3 nitrogen and oxygen atoms in total. The van der Waals surface area contributed by atoms with Gasteiger partial charge >= 0.3 is 0 Å². The van der Waals surface area contributed by atoms with Gasteiger partial charge in [-0.05, 0) is 35.7 Å². The van der Waals surface area contributed by atoms with Crippen LogP contribution in [0.15, 0.2) is 36.7 Å². The first-order valence-electron chi connectivity index (χ1n) is 6.40. The Balaban J connectivity index is 2.23. The molecule has 20 heavy (non-hydrogen) atoms. The summed E-state index contributed by atoms with van der Waals surface area (Å²) >= 11 is 5.67. The first-order chi connectivity index (χ1) is 9.61. The highest BCUT2D eigenvalue weighted by Crippen LogP contribution is 2.25. The van der Waals surface area contributed by atoms with Crippen molar-refractivity contribution in [3.8, 4) is 5.75 Å². The molecule has 1 aromatic carbocycles. The Labute approximate surface area is 122 Å². The van der Waals surface area contributed by atoms with E-state index in [1.54, 1.807) is 18.5 Å². The molecule has 2 aromatic rings. The monoisotopic (exact) mass is 294 g/mol. The average Bonchev–Trinajstić information content (AvgIpc) is 2.47. The number of rotatable bonds is 5. The van der Waals surface area contributed by atoms with E-state index in [4.69, 9.17) is 22.1 Å². The van der Waals surface area contributed by atoms with Crippen molar-refractivity contribution in [3.63, 3.8) is 0 Å². The van der Waals surface area contributed by atoms with Crippen molar-refractivity contribution < 1.29 is 9.13 Å². The number of pyridine rings is 1. The molecule has 0 aliphatic carbocycles. The van der Waals surface area contributed by atoms with Crippen molar-refractivity contribution >= 4 is 11.6 Å². The van der Waals surface area contributed by atoms with E-state index in [1.165, 1.54) is 12.1 Å². The second-order valence-corrected chi connectivity index (χ2v) is 4.86. The molecule has 5 heteroatoms. The van der Waals surface area contributed by atoms with E-state index in [1.807, 2.05) is 13.0 Å². The summed E-state index contributed by atoms with van der Waals surface area (Å²) in [5.74, 6) is 0.181. The molecule has 1 heterocycles. The van der Waals surface area contributed by atoms with Crippen molar-refractivity contribution in [1.82, 2.24) is 4.98 Å². The van der Waals surface area contributed by atoms with Crippen LogP contribution < -0.4 is 10.5 Å². The lowest BCUT2D eigenvalue weighted by atomic mass is 10.0. The molecule has 0 aliphatic heterocycles. The SMILES string of the molecule is CCCOc1cncc(C(N)c2ccc(Cl)c(F)c2)c1. The summed E-state index contributed by atoms with van der Waals surface area (Å²) in [6.07, 6.45) is 4.20. The number of halogens is 2. The lowest BCUT2D eigenvalue weighted by molar-refractivity contribution is 0.315. The quantitative estimate of drug-likeness (QED) is 0.914. The van der Waals surface area contributed by atoms with Crippen LogP contribution in [0.4, 0.5) is 4.39 Å². The van der Waals surface area contributed by atoms with Crippen molar-refractivity contribution in [2.75, 3.05) is 6.61 Å². The molecule has 2 N–H and O–H groups in total. The van der Waals surface area contributed by atoms with Gasteiger partial charge < -0.3 is 10.5 Å². The highest BCUT2D eigenvalue weighted by molar-refractivity contribution is 6.30. The van der Waals surface area contributed by atoms with E-state index in [2.05, 4.69) is 4.98 Å². The number of benzene rings is 1. The third-order valence-corrected chi connectivity index (χ3v) is 3.18. The molecule has 0 radical (unpaired) electrons. The summed E-state index contributed by atoms with van der Waals surface area (Å²) in [6.45, 7) is 2.65. The number of hydrogen-bond acceptors (Lipinski definition) is 3. The van der Waals surface area contributed by atoms with Gasteiger partial charge in [0.25, 0.3) is 0 Å². The van der Waals surface area contributed by atoms with Gasteiger partial charge in [0.1, 0.15) is 11.6 Å². The molecule has 0 saturated heterocycles. The smallest absolute Gasteiger partial charge is 0.142 e. The lowest BCUT2D eigenvalue weighted by Crippen LogP contribution is -2.12. The maximum atomic E-state index is 13.5. The van der Waals surface area contributed by atoms with Gasteiger partial charge in [0.05, 0.1) is 23.9 Å². The van der Waals surface area contributed by atoms with Crippen molar-refractivity contribution in [3.05, 3.63) is 58.6 Å². The predicted molar refractivity (Wildman–Crippen MR) is 77.5 cm³/mol. The average molecular weight is 295 g/mol. The number of aromatic nitrogens is 1. The van der Waals surface area contributed by atoms with Crippen LogP contribution in [0.2, 0.25) is 5.02 Å². The van der Waals surface area contributed by atoms with Crippen LogP contribution in [0.3, 0.4) is 0 Å². The number of nitrogens with zero attached hydrogens (tertiary/aromatic N) is 1. The molecule has 0 spiro atoms. The standard InChI is InChI=1S/C15H16ClFN2O/c1-2-5-20-12-6-11(8-19-9-12)15(18)10-3-4-13(16)14(17)7-10/h3-4,6-9,15H,2,5,18H2,1H3. The Bertz CT molecular complexity index is 592. The van der Waals surface area contributed by atoms with Gasteiger partial charge in [-0.2, -0.15) is 0 Å². The van der Waals surface area contributed by atoms with Crippen molar-refractivity contribution in [2.45, 2.75) is 19.4 Å². The maximum Gasteiger partial charge on any atom is 0.142 e. The third-order valence-electron chi connectivity index (χ3n) is 2.87. The van der Waals surface area contributed by atoms with E-state index in [0.717, 1.165) is 12.0 Å². The number of ether oxygens (including phenoxy) is 1. The first-order valence-corrected chi connectivity index (χ1v) is 6.78. The maximum absolute atomic E-state index is 13.5. The summed E-state index contributed by atoms with van der Waals surface area (Å²) in [6, 6.07) is 5.89. The van der Waals surface area contributed by atoms with Crippen LogP contribution in [0.25, 0.3) is 0 Å². The fourth-order valence-corrected chi connectivity index (χ4v) is 1.92. The fourth-order valence-electron chi connectivity index (χ4n) is 1.80. The Hall–Kier alpha value is -1.65.